The van der Waals surface area contributed by atoms with Crippen LogP contribution >= 0.6 is 0 Å². The molecule has 66 valence electrons. The van der Waals surface area contributed by atoms with Crippen LogP contribution in [0.3, 0.4) is 0 Å². The third kappa shape index (κ3) is 1.92. The number of aliphatic hydroxyl groups excluding tert-OH is 1. The Morgan fingerprint density at radius 1 is 1.18 bits per heavy atom. The van der Waals surface area contributed by atoms with Crippen molar-refractivity contribution in [2.24, 2.45) is 5.92 Å². The summed E-state index contributed by atoms with van der Waals surface area (Å²) in [6.07, 6.45) is 0. The van der Waals surface area contributed by atoms with Gasteiger partial charge in [-0.3, -0.25) is 0 Å². The molecule has 1 fully saturated rings. The van der Waals surface area contributed by atoms with Gasteiger partial charge in [0.2, 0.25) is 0 Å². The Balaban J connectivity index is 2.41. The van der Waals surface area contributed by atoms with Gasteiger partial charge in [-0.1, -0.05) is 13.8 Å². The second-order valence-corrected chi connectivity index (χ2v) is 3.06. The summed E-state index contributed by atoms with van der Waals surface area (Å²) in [6, 6.07) is 0. The third-order valence-corrected chi connectivity index (χ3v) is 2.33. The van der Waals surface area contributed by atoms with Gasteiger partial charge in [-0.2, -0.15) is 0 Å². The van der Waals surface area contributed by atoms with E-state index < -0.39 is 0 Å². The predicted molar refractivity (Wildman–Crippen MR) is 45.1 cm³/mol. The molecule has 0 aromatic rings. The van der Waals surface area contributed by atoms with Gasteiger partial charge in [0.05, 0.1) is 0 Å². The fourth-order valence-electron chi connectivity index (χ4n) is 1.66. The van der Waals surface area contributed by atoms with Crippen LogP contribution in [0.15, 0.2) is 0 Å². The molecule has 1 aliphatic rings. The van der Waals surface area contributed by atoms with E-state index in [0.717, 1.165) is 26.2 Å². The van der Waals surface area contributed by atoms with Gasteiger partial charge >= 0.3 is 0 Å². The van der Waals surface area contributed by atoms with Gasteiger partial charge in [-0.25, -0.2) is 10.0 Å². The average Bonchev–Trinajstić information content (AvgIpc) is 2.46. The molecule has 0 spiro atoms. The highest BCUT2D eigenvalue weighted by Gasteiger charge is 2.26. The molecule has 0 amide bonds. The Bertz CT molecular complexity index is 107. The summed E-state index contributed by atoms with van der Waals surface area (Å²) < 4.78 is 0. The summed E-state index contributed by atoms with van der Waals surface area (Å²) >= 11 is 0. The van der Waals surface area contributed by atoms with Crippen LogP contribution < -0.4 is 0 Å². The summed E-state index contributed by atoms with van der Waals surface area (Å²) in [5, 5.41) is 13.6. The summed E-state index contributed by atoms with van der Waals surface area (Å²) in [5.41, 5.74) is 0. The van der Waals surface area contributed by atoms with Crippen molar-refractivity contribution in [2.45, 2.75) is 13.8 Å². The minimum absolute atomic E-state index is 0.326. The first kappa shape index (κ1) is 8.97. The van der Waals surface area contributed by atoms with Gasteiger partial charge < -0.3 is 5.11 Å². The van der Waals surface area contributed by atoms with Crippen LogP contribution in [-0.4, -0.2) is 47.9 Å². The molecule has 0 aromatic heterocycles. The zero-order chi connectivity index (χ0) is 8.27. The number of hydrogen-bond acceptors (Lipinski definition) is 3. The summed E-state index contributed by atoms with van der Waals surface area (Å²) in [4.78, 5) is 0. The summed E-state index contributed by atoms with van der Waals surface area (Å²) in [6.45, 7) is 8.81. The van der Waals surface area contributed by atoms with Crippen LogP contribution in [0.25, 0.3) is 0 Å². The van der Waals surface area contributed by atoms with Gasteiger partial charge in [0.1, 0.15) is 0 Å². The SMILES string of the molecule is CCN1CC(CO)CN1CC. The first-order chi connectivity index (χ1) is 5.31. The minimum Gasteiger partial charge on any atom is -0.396 e. The van der Waals surface area contributed by atoms with Crippen LogP contribution in [-0.2, 0) is 0 Å². The zero-order valence-electron chi connectivity index (χ0n) is 7.45. The predicted octanol–water partition coefficient (Wildman–Crippen LogP) is 0.167. The van der Waals surface area contributed by atoms with Gasteiger partial charge in [0.15, 0.2) is 0 Å². The number of hydrogen-bond donors (Lipinski definition) is 1. The molecule has 0 aliphatic carbocycles. The normalized spacial score (nSPS) is 23.2. The van der Waals surface area contributed by atoms with Crippen molar-refractivity contribution in [2.75, 3.05) is 32.8 Å². The maximum Gasteiger partial charge on any atom is 0.0484 e. The van der Waals surface area contributed by atoms with Crippen molar-refractivity contribution >= 4 is 0 Å². The highest BCUT2D eigenvalue weighted by molar-refractivity contribution is 4.73. The maximum absolute atomic E-state index is 8.94. The van der Waals surface area contributed by atoms with Gasteiger partial charge in [0.25, 0.3) is 0 Å². The summed E-state index contributed by atoms with van der Waals surface area (Å²) in [7, 11) is 0. The van der Waals surface area contributed by atoms with Crippen molar-refractivity contribution in [1.82, 2.24) is 10.0 Å². The molecule has 1 rings (SSSR count). The fourth-order valence-corrected chi connectivity index (χ4v) is 1.66. The Labute approximate surface area is 68.6 Å². The van der Waals surface area contributed by atoms with Crippen molar-refractivity contribution in [1.29, 1.82) is 0 Å². The Hall–Kier alpha value is -0.120. The third-order valence-electron chi connectivity index (χ3n) is 2.33. The second-order valence-electron chi connectivity index (χ2n) is 3.06. The zero-order valence-corrected chi connectivity index (χ0v) is 7.45. The van der Waals surface area contributed by atoms with Crippen molar-refractivity contribution in [3.8, 4) is 0 Å². The van der Waals surface area contributed by atoms with Crippen LogP contribution in [0.5, 0.6) is 0 Å². The lowest BCUT2D eigenvalue weighted by Gasteiger charge is -2.24. The highest BCUT2D eigenvalue weighted by atomic mass is 16.3. The first-order valence-corrected chi connectivity index (χ1v) is 4.42. The standard InChI is InChI=1S/C8H18N2O/c1-3-9-5-8(7-11)6-10(9)4-2/h8,11H,3-7H2,1-2H3. The fraction of sp³-hybridized carbons (Fsp3) is 1.00. The van der Waals surface area contributed by atoms with Crippen molar-refractivity contribution in [3.63, 3.8) is 0 Å². The van der Waals surface area contributed by atoms with E-state index in [2.05, 4.69) is 23.9 Å². The lowest BCUT2D eigenvalue weighted by atomic mass is 10.2. The molecule has 1 aliphatic heterocycles. The topological polar surface area (TPSA) is 26.7 Å². The maximum atomic E-state index is 8.94. The smallest absolute Gasteiger partial charge is 0.0484 e. The van der Waals surface area contributed by atoms with Gasteiger partial charge in [-0.05, 0) is 0 Å². The molecule has 1 heterocycles. The van der Waals surface area contributed by atoms with E-state index in [1.807, 2.05) is 0 Å². The van der Waals surface area contributed by atoms with E-state index >= 15 is 0 Å². The molecule has 1 saturated heterocycles. The van der Waals surface area contributed by atoms with Crippen LogP contribution in [0, 0.1) is 5.92 Å². The number of hydrazine groups is 1. The molecule has 3 heteroatoms. The van der Waals surface area contributed by atoms with Crippen LogP contribution in [0.1, 0.15) is 13.8 Å². The average molecular weight is 158 g/mol. The molecule has 0 atom stereocenters. The first-order valence-electron chi connectivity index (χ1n) is 4.42. The Morgan fingerprint density at radius 3 is 1.91 bits per heavy atom. The van der Waals surface area contributed by atoms with Crippen LogP contribution in [0.4, 0.5) is 0 Å². The lowest BCUT2D eigenvalue weighted by Crippen LogP contribution is -2.35. The minimum atomic E-state index is 0.326. The largest absolute Gasteiger partial charge is 0.396 e. The number of rotatable bonds is 3. The second kappa shape index (κ2) is 4.04. The van der Waals surface area contributed by atoms with E-state index in [0.29, 0.717) is 12.5 Å². The van der Waals surface area contributed by atoms with Crippen molar-refractivity contribution in [3.05, 3.63) is 0 Å². The number of aliphatic hydroxyl groups is 1. The quantitative estimate of drug-likeness (QED) is 0.634. The molecule has 0 aromatic carbocycles. The molecule has 1 N–H and O–H groups in total. The highest BCUT2D eigenvalue weighted by Crippen LogP contribution is 2.14. The number of nitrogens with zero attached hydrogens (tertiary/aromatic N) is 2. The van der Waals surface area contributed by atoms with E-state index in [1.165, 1.54) is 0 Å². The molecule has 0 bridgehead atoms. The molecule has 11 heavy (non-hydrogen) atoms. The molecule has 0 radical (unpaired) electrons. The molecular weight excluding hydrogens is 140 g/mol. The van der Waals surface area contributed by atoms with E-state index in [1.54, 1.807) is 0 Å². The Kier molecular flexibility index (Phi) is 3.30. The molecule has 0 unspecified atom stereocenters. The van der Waals surface area contributed by atoms with Crippen LogP contribution in [0.2, 0.25) is 0 Å². The Morgan fingerprint density at radius 2 is 1.64 bits per heavy atom. The van der Waals surface area contributed by atoms with E-state index in [9.17, 15) is 0 Å². The molecule has 3 nitrogen and oxygen atoms in total. The monoisotopic (exact) mass is 158 g/mol. The van der Waals surface area contributed by atoms with E-state index in [4.69, 9.17) is 5.11 Å². The lowest BCUT2D eigenvalue weighted by molar-refractivity contribution is 0.0388. The van der Waals surface area contributed by atoms with Gasteiger partial charge in [0, 0.05) is 38.7 Å². The molecular formula is C8H18N2O. The van der Waals surface area contributed by atoms with E-state index in [-0.39, 0.29) is 0 Å². The summed E-state index contributed by atoms with van der Waals surface area (Å²) in [5.74, 6) is 0.467. The molecule has 0 saturated carbocycles. The van der Waals surface area contributed by atoms with Gasteiger partial charge in [-0.15, -0.1) is 0 Å². The van der Waals surface area contributed by atoms with Crippen molar-refractivity contribution < 1.29 is 5.11 Å².